The summed E-state index contributed by atoms with van der Waals surface area (Å²) in [5.41, 5.74) is 3.20. The van der Waals surface area contributed by atoms with Crippen molar-refractivity contribution >= 4 is 52.1 Å². The summed E-state index contributed by atoms with van der Waals surface area (Å²) in [4.78, 5) is 14.4. The van der Waals surface area contributed by atoms with Crippen LogP contribution in [0.25, 0.3) is 0 Å². The molecule has 1 atom stereocenters. The number of rotatable bonds is 10. The molecule has 194 valence electrons. The molecule has 6 nitrogen and oxygen atoms in total. The number of amides is 1. The smallest absolute Gasteiger partial charge is 0.242 e. The zero-order valence-electron chi connectivity index (χ0n) is 21.1. The molecule has 1 amide bonds. The van der Waals surface area contributed by atoms with Gasteiger partial charge in [0.1, 0.15) is 16.7 Å². The zero-order valence-corrected chi connectivity index (χ0v) is 22.8. The van der Waals surface area contributed by atoms with E-state index in [1.165, 1.54) is 11.8 Å². The highest BCUT2D eigenvalue weighted by molar-refractivity contribution is 8.00. The maximum atomic E-state index is 13.4. The summed E-state index contributed by atoms with van der Waals surface area (Å²) in [6.07, 6.45) is 0. The van der Waals surface area contributed by atoms with Crippen LogP contribution >= 0.6 is 24.0 Å². The van der Waals surface area contributed by atoms with Gasteiger partial charge in [0.2, 0.25) is 5.91 Å². The van der Waals surface area contributed by atoms with Gasteiger partial charge in [-0.2, -0.15) is 0 Å². The van der Waals surface area contributed by atoms with Gasteiger partial charge < -0.3 is 25.4 Å². The number of hydrogen-bond donors (Lipinski definition) is 3. The molecule has 0 radical (unpaired) electrons. The first kappa shape index (κ1) is 27.0. The Kier molecular flexibility index (Phi) is 9.61. The van der Waals surface area contributed by atoms with Gasteiger partial charge in [-0.1, -0.05) is 48.5 Å². The normalized spacial score (nSPS) is 11.2. The van der Waals surface area contributed by atoms with Crippen LogP contribution in [0.3, 0.4) is 0 Å². The molecule has 1 unspecified atom stereocenters. The Morgan fingerprint density at radius 1 is 0.842 bits per heavy atom. The number of nitrogens with one attached hydrogen (secondary N) is 3. The number of hydrogen-bond acceptors (Lipinski definition) is 5. The van der Waals surface area contributed by atoms with Gasteiger partial charge in [-0.25, -0.2) is 0 Å². The molecule has 0 aliphatic heterocycles. The van der Waals surface area contributed by atoms with Crippen molar-refractivity contribution in [1.82, 2.24) is 0 Å². The second kappa shape index (κ2) is 13.5. The van der Waals surface area contributed by atoms with Crippen molar-refractivity contribution in [2.75, 3.05) is 29.7 Å². The van der Waals surface area contributed by atoms with Gasteiger partial charge >= 0.3 is 0 Å². The number of thiocarbonyl (C=S) groups is 1. The summed E-state index contributed by atoms with van der Waals surface area (Å²) in [6, 6.07) is 32.5. The van der Waals surface area contributed by atoms with E-state index in [-0.39, 0.29) is 5.91 Å². The van der Waals surface area contributed by atoms with Crippen LogP contribution < -0.4 is 25.4 Å². The van der Waals surface area contributed by atoms with Crippen LogP contribution in [0.5, 0.6) is 11.5 Å². The molecular formula is C30H29N3O3S2. The lowest BCUT2D eigenvalue weighted by Gasteiger charge is -2.18. The lowest BCUT2D eigenvalue weighted by molar-refractivity contribution is -0.115. The van der Waals surface area contributed by atoms with E-state index in [1.807, 2.05) is 110 Å². The Morgan fingerprint density at radius 2 is 1.58 bits per heavy atom. The summed E-state index contributed by atoms with van der Waals surface area (Å²) in [6.45, 7) is 2.53. The Balaban J connectivity index is 1.48. The van der Waals surface area contributed by atoms with E-state index in [0.717, 1.165) is 27.6 Å². The first-order valence-corrected chi connectivity index (χ1v) is 13.4. The number of carbonyl (C=O) groups excluding carboxylic acids is 1. The van der Waals surface area contributed by atoms with Gasteiger partial charge in [0.05, 0.1) is 19.4 Å². The molecular weight excluding hydrogens is 514 g/mol. The van der Waals surface area contributed by atoms with Crippen molar-refractivity contribution in [3.8, 4) is 11.5 Å². The minimum atomic E-state index is -0.461. The lowest BCUT2D eigenvalue weighted by atomic mass is 10.1. The quantitative estimate of drug-likeness (QED) is 0.142. The van der Waals surface area contributed by atoms with Crippen LogP contribution in [0.4, 0.5) is 17.1 Å². The summed E-state index contributed by atoms with van der Waals surface area (Å²) in [7, 11) is 1.62. The van der Waals surface area contributed by atoms with Crippen LogP contribution in [0.2, 0.25) is 0 Å². The molecule has 0 spiro atoms. The van der Waals surface area contributed by atoms with Crippen molar-refractivity contribution in [2.45, 2.75) is 17.1 Å². The van der Waals surface area contributed by atoms with Crippen LogP contribution in [0.15, 0.2) is 108 Å². The van der Waals surface area contributed by atoms with Gasteiger partial charge in [-0.05, 0) is 79.3 Å². The Labute approximate surface area is 232 Å². The van der Waals surface area contributed by atoms with Crippen molar-refractivity contribution < 1.29 is 14.3 Å². The highest BCUT2D eigenvalue weighted by Gasteiger charge is 2.22. The predicted molar refractivity (Wildman–Crippen MR) is 161 cm³/mol. The maximum absolute atomic E-state index is 13.4. The average Bonchev–Trinajstić information content (AvgIpc) is 2.94. The standard InChI is InChI=1S/C30H29N3O3S2/c1-3-36-24-18-16-22(17-19-24)31-29(34)28(21-10-5-4-6-11-21)38-25-13-9-12-23(20-25)32-30(37)33-26-14-7-8-15-27(26)35-2/h4-20,28H,3H2,1-2H3,(H,31,34)(H2,32,33,37). The maximum Gasteiger partial charge on any atom is 0.242 e. The van der Waals surface area contributed by atoms with Crippen molar-refractivity contribution in [3.05, 3.63) is 109 Å². The Morgan fingerprint density at radius 3 is 2.32 bits per heavy atom. The van der Waals surface area contributed by atoms with E-state index in [0.29, 0.717) is 23.2 Å². The van der Waals surface area contributed by atoms with Gasteiger partial charge in [0.25, 0.3) is 0 Å². The minimum absolute atomic E-state index is 0.114. The van der Waals surface area contributed by atoms with Crippen LogP contribution in [0, 0.1) is 0 Å². The van der Waals surface area contributed by atoms with E-state index >= 15 is 0 Å². The van der Waals surface area contributed by atoms with Gasteiger partial charge in [0, 0.05) is 16.3 Å². The molecule has 3 N–H and O–H groups in total. The largest absolute Gasteiger partial charge is 0.495 e. The van der Waals surface area contributed by atoms with E-state index in [9.17, 15) is 4.79 Å². The lowest BCUT2D eigenvalue weighted by Crippen LogP contribution is -2.20. The number of carbonyl (C=O) groups is 1. The Bertz CT molecular complexity index is 1360. The van der Waals surface area contributed by atoms with E-state index in [2.05, 4.69) is 16.0 Å². The summed E-state index contributed by atoms with van der Waals surface area (Å²) >= 11 is 6.99. The predicted octanol–water partition coefficient (Wildman–Crippen LogP) is 7.37. The van der Waals surface area contributed by atoms with Crippen LogP contribution in [-0.2, 0) is 4.79 Å². The molecule has 4 aromatic carbocycles. The molecule has 0 aliphatic carbocycles. The second-order valence-corrected chi connectivity index (χ2v) is 9.75. The molecule has 0 saturated carbocycles. The number of thioether (sulfide) groups is 1. The number of methoxy groups -OCH3 is 1. The number of anilines is 3. The molecule has 0 aromatic heterocycles. The summed E-state index contributed by atoms with van der Waals surface area (Å²) in [5.74, 6) is 1.35. The van der Waals surface area contributed by atoms with E-state index in [4.69, 9.17) is 21.7 Å². The first-order chi connectivity index (χ1) is 18.6. The molecule has 4 aromatic rings. The van der Waals surface area contributed by atoms with Crippen molar-refractivity contribution in [1.29, 1.82) is 0 Å². The first-order valence-electron chi connectivity index (χ1n) is 12.1. The number of ether oxygens (including phenoxy) is 2. The molecule has 0 aliphatic rings. The molecule has 38 heavy (non-hydrogen) atoms. The van der Waals surface area contributed by atoms with Gasteiger partial charge in [0.15, 0.2) is 5.11 Å². The molecule has 8 heteroatoms. The van der Waals surface area contributed by atoms with Crippen molar-refractivity contribution in [3.63, 3.8) is 0 Å². The average molecular weight is 544 g/mol. The molecule has 0 heterocycles. The SMILES string of the molecule is CCOc1ccc(NC(=O)C(Sc2cccc(NC(=S)Nc3ccccc3OC)c2)c2ccccc2)cc1. The minimum Gasteiger partial charge on any atom is -0.495 e. The second-order valence-electron chi connectivity index (χ2n) is 8.16. The van der Waals surface area contributed by atoms with Gasteiger partial charge in [-0.15, -0.1) is 11.8 Å². The molecule has 0 fully saturated rings. The number of benzene rings is 4. The third-order valence-corrected chi connectivity index (χ3v) is 6.93. The topological polar surface area (TPSA) is 71.6 Å². The fourth-order valence-electron chi connectivity index (χ4n) is 3.73. The monoisotopic (exact) mass is 543 g/mol. The fourth-order valence-corrected chi connectivity index (χ4v) is 5.04. The molecule has 0 saturated heterocycles. The van der Waals surface area contributed by atoms with Gasteiger partial charge in [-0.3, -0.25) is 4.79 Å². The fraction of sp³-hybridized carbons (Fsp3) is 0.133. The summed E-state index contributed by atoms with van der Waals surface area (Å²) < 4.78 is 10.9. The zero-order chi connectivity index (χ0) is 26.7. The highest BCUT2D eigenvalue weighted by atomic mass is 32.2. The molecule has 0 bridgehead atoms. The third kappa shape index (κ3) is 7.50. The van der Waals surface area contributed by atoms with E-state index in [1.54, 1.807) is 7.11 Å². The highest BCUT2D eigenvalue weighted by Crippen LogP contribution is 2.37. The Hall–Kier alpha value is -4.01. The molecule has 4 rings (SSSR count). The van der Waals surface area contributed by atoms with Crippen molar-refractivity contribution in [2.24, 2.45) is 0 Å². The summed E-state index contributed by atoms with van der Waals surface area (Å²) in [5, 5.41) is 9.40. The number of para-hydroxylation sites is 2. The van der Waals surface area contributed by atoms with Crippen LogP contribution in [0.1, 0.15) is 17.7 Å². The van der Waals surface area contributed by atoms with Crippen LogP contribution in [-0.4, -0.2) is 24.7 Å². The van der Waals surface area contributed by atoms with E-state index < -0.39 is 5.25 Å². The third-order valence-electron chi connectivity index (χ3n) is 5.47.